The predicted octanol–water partition coefficient (Wildman–Crippen LogP) is 3.16. The molecule has 1 amide bonds. The maximum Gasteiger partial charge on any atom is 0.309 e. The lowest BCUT2D eigenvalue weighted by atomic mass is 9.65. The average Bonchev–Trinajstić information content (AvgIpc) is 2.71. The maximum absolute atomic E-state index is 12.6. The Balaban J connectivity index is 2.22. The van der Waals surface area contributed by atoms with Gasteiger partial charge in [0.2, 0.25) is 5.91 Å². The first-order valence-corrected chi connectivity index (χ1v) is 7.41. The summed E-state index contributed by atoms with van der Waals surface area (Å²) in [5.74, 6) is -0.754. The Morgan fingerprint density at radius 1 is 1.27 bits per heavy atom. The van der Waals surface area contributed by atoms with E-state index >= 15 is 0 Å². The largest absolute Gasteiger partial charge is 0.495 e. The number of anilines is 1. The van der Waals surface area contributed by atoms with Crippen molar-refractivity contribution in [3.8, 4) is 5.75 Å². The highest BCUT2D eigenvalue weighted by Crippen LogP contribution is 2.56. The zero-order valence-corrected chi connectivity index (χ0v) is 13.5. The molecule has 0 aromatic heterocycles. The van der Waals surface area contributed by atoms with Gasteiger partial charge in [-0.05, 0) is 37.3 Å². The van der Waals surface area contributed by atoms with E-state index in [1.54, 1.807) is 26.2 Å². The molecule has 2 N–H and O–H groups in total. The molecular weight excluding hydrogens is 282 g/mol. The highest BCUT2D eigenvalue weighted by molar-refractivity contribution is 5.95. The number of ether oxygens (including phenoxy) is 1. The second-order valence-corrected chi connectivity index (χ2v) is 6.64. The van der Waals surface area contributed by atoms with Crippen molar-refractivity contribution in [2.45, 2.75) is 33.6 Å². The van der Waals surface area contributed by atoms with E-state index in [2.05, 4.69) is 5.32 Å². The van der Waals surface area contributed by atoms with Crippen molar-refractivity contribution in [3.05, 3.63) is 24.3 Å². The van der Waals surface area contributed by atoms with Gasteiger partial charge in [0, 0.05) is 5.92 Å². The van der Waals surface area contributed by atoms with Crippen molar-refractivity contribution in [2.24, 2.45) is 16.7 Å². The standard InChI is InChI=1S/C17H23NO4/c1-16(2)11(9-10-17(16,3)15(20)21)14(19)18-12-7-5-6-8-13(12)22-4/h5-8,11H,9-10H2,1-4H3,(H,18,19)(H,20,21)/t11-,17-/m1/s1. The Kier molecular flexibility index (Phi) is 4.18. The van der Waals surface area contributed by atoms with E-state index in [0.717, 1.165) is 0 Å². The molecule has 0 aliphatic heterocycles. The summed E-state index contributed by atoms with van der Waals surface area (Å²) >= 11 is 0. The second-order valence-electron chi connectivity index (χ2n) is 6.64. The van der Waals surface area contributed by atoms with Crippen LogP contribution < -0.4 is 10.1 Å². The molecular formula is C17H23NO4. The summed E-state index contributed by atoms with van der Waals surface area (Å²) in [7, 11) is 1.55. The number of hydrogen-bond acceptors (Lipinski definition) is 3. The molecule has 1 aromatic rings. The van der Waals surface area contributed by atoms with Crippen molar-refractivity contribution < 1.29 is 19.4 Å². The van der Waals surface area contributed by atoms with E-state index < -0.39 is 16.8 Å². The number of nitrogens with one attached hydrogen (secondary N) is 1. The summed E-state index contributed by atoms with van der Waals surface area (Å²) in [6.07, 6.45) is 1.07. The first-order chi connectivity index (χ1) is 10.2. The Bertz CT molecular complexity index is 596. The number of carbonyl (C=O) groups is 2. The van der Waals surface area contributed by atoms with Crippen LogP contribution in [0.4, 0.5) is 5.69 Å². The summed E-state index contributed by atoms with van der Waals surface area (Å²) in [5, 5.41) is 12.4. The molecule has 0 bridgehead atoms. The lowest BCUT2D eigenvalue weighted by Gasteiger charge is -2.37. The Hall–Kier alpha value is -2.04. The van der Waals surface area contributed by atoms with Crippen LogP contribution in [0.2, 0.25) is 0 Å². The molecule has 0 spiro atoms. The highest BCUT2D eigenvalue weighted by Gasteiger charge is 2.58. The van der Waals surface area contributed by atoms with E-state index in [0.29, 0.717) is 24.3 Å². The van der Waals surface area contributed by atoms with Gasteiger partial charge in [0.25, 0.3) is 0 Å². The van der Waals surface area contributed by atoms with E-state index in [1.165, 1.54) is 0 Å². The van der Waals surface area contributed by atoms with Crippen molar-refractivity contribution in [2.75, 3.05) is 12.4 Å². The average molecular weight is 305 g/mol. The van der Waals surface area contributed by atoms with E-state index in [-0.39, 0.29) is 11.8 Å². The summed E-state index contributed by atoms with van der Waals surface area (Å²) < 4.78 is 5.23. The number of benzene rings is 1. The van der Waals surface area contributed by atoms with Crippen LogP contribution in [-0.4, -0.2) is 24.1 Å². The van der Waals surface area contributed by atoms with Crippen LogP contribution >= 0.6 is 0 Å². The first kappa shape index (κ1) is 16.3. The van der Waals surface area contributed by atoms with Gasteiger partial charge >= 0.3 is 5.97 Å². The molecule has 22 heavy (non-hydrogen) atoms. The van der Waals surface area contributed by atoms with Gasteiger partial charge in [-0.3, -0.25) is 9.59 Å². The van der Waals surface area contributed by atoms with Crippen LogP contribution in [0.15, 0.2) is 24.3 Å². The van der Waals surface area contributed by atoms with Crippen LogP contribution in [-0.2, 0) is 9.59 Å². The fourth-order valence-corrected chi connectivity index (χ4v) is 3.31. The fraction of sp³-hybridized carbons (Fsp3) is 0.529. The lowest BCUT2D eigenvalue weighted by molar-refractivity contribution is -0.154. The molecule has 5 nitrogen and oxygen atoms in total. The van der Waals surface area contributed by atoms with Gasteiger partial charge in [-0.15, -0.1) is 0 Å². The molecule has 1 aliphatic carbocycles. The number of rotatable bonds is 4. The van der Waals surface area contributed by atoms with E-state index in [1.807, 2.05) is 26.0 Å². The van der Waals surface area contributed by atoms with Gasteiger partial charge in [-0.1, -0.05) is 26.0 Å². The van der Waals surface area contributed by atoms with Crippen LogP contribution in [0, 0.1) is 16.7 Å². The molecule has 0 heterocycles. The number of carboxylic acids is 1. The third kappa shape index (κ3) is 2.45. The maximum atomic E-state index is 12.6. The third-order valence-electron chi connectivity index (χ3n) is 5.38. The molecule has 0 radical (unpaired) electrons. The monoisotopic (exact) mass is 305 g/mol. The predicted molar refractivity (Wildman–Crippen MR) is 83.9 cm³/mol. The minimum atomic E-state index is -0.893. The normalized spacial score (nSPS) is 26.5. The van der Waals surface area contributed by atoms with Gasteiger partial charge in [0.15, 0.2) is 0 Å². The van der Waals surface area contributed by atoms with Crippen molar-refractivity contribution >= 4 is 17.6 Å². The Morgan fingerprint density at radius 3 is 2.45 bits per heavy atom. The van der Waals surface area contributed by atoms with Gasteiger partial charge in [0.05, 0.1) is 18.2 Å². The van der Waals surface area contributed by atoms with E-state index in [4.69, 9.17) is 4.74 Å². The molecule has 1 aromatic carbocycles. The molecule has 2 atom stereocenters. The Labute approximate surface area is 130 Å². The van der Waals surface area contributed by atoms with Crippen molar-refractivity contribution in [1.82, 2.24) is 0 Å². The molecule has 1 aliphatic rings. The van der Waals surface area contributed by atoms with Crippen LogP contribution in [0.5, 0.6) is 5.75 Å². The van der Waals surface area contributed by atoms with Crippen LogP contribution in [0.1, 0.15) is 33.6 Å². The molecule has 120 valence electrons. The van der Waals surface area contributed by atoms with Gasteiger partial charge in [0.1, 0.15) is 5.75 Å². The topological polar surface area (TPSA) is 75.6 Å². The molecule has 1 saturated carbocycles. The molecule has 0 unspecified atom stereocenters. The minimum absolute atomic E-state index is 0.153. The number of carboxylic acid groups (broad SMARTS) is 1. The zero-order chi connectivity index (χ0) is 16.5. The number of methoxy groups -OCH3 is 1. The SMILES string of the molecule is COc1ccccc1NC(=O)[C@H]1CC[C@](C)(C(=O)O)C1(C)C. The van der Waals surface area contributed by atoms with Crippen LogP contribution in [0.3, 0.4) is 0 Å². The summed E-state index contributed by atoms with van der Waals surface area (Å²) in [5.41, 5.74) is -0.907. The highest BCUT2D eigenvalue weighted by atomic mass is 16.5. The van der Waals surface area contributed by atoms with Crippen molar-refractivity contribution in [3.63, 3.8) is 0 Å². The zero-order valence-electron chi connectivity index (χ0n) is 13.5. The quantitative estimate of drug-likeness (QED) is 0.896. The molecule has 5 heteroatoms. The van der Waals surface area contributed by atoms with Gasteiger partial charge in [-0.2, -0.15) is 0 Å². The number of carbonyl (C=O) groups excluding carboxylic acids is 1. The van der Waals surface area contributed by atoms with Crippen LogP contribution in [0.25, 0.3) is 0 Å². The van der Waals surface area contributed by atoms with Gasteiger partial charge in [-0.25, -0.2) is 0 Å². The summed E-state index contributed by atoms with van der Waals surface area (Å²) in [6, 6.07) is 7.20. The molecule has 1 fully saturated rings. The summed E-state index contributed by atoms with van der Waals surface area (Å²) in [4.78, 5) is 24.3. The van der Waals surface area contributed by atoms with Crippen molar-refractivity contribution in [1.29, 1.82) is 0 Å². The molecule has 0 saturated heterocycles. The lowest BCUT2D eigenvalue weighted by Crippen LogP contribution is -2.43. The van der Waals surface area contributed by atoms with Gasteiger partial charge < -0.3 is 15.2 Å². The minimum Gasteiger partial charge on any atom is -0.495 e. The first-order valence-electron chi connectivity index (χ1n) is 7.41. The Morgan fingerprint density at radius 2 is 1.91 bits per heavy atom. The van der Waals surface area contributed by atoms with E-state index in [9.17, 15) is 14.7 Å². The number of para-hydroxylation sites is 2. The number of hydrogen-bond donors (Lipinski definition) is 2. The number of amides is 1. The second kappa shape index (κ2) is 5.63. The smallest absolute Gasteiger partial charge is 0.309 e. The molecule has 2 rings (SSSR count). The summed E-state index contributed by atoms with van der Waals surface area (Å²) in [6.45, 7) is 5.45. The third-order valence-corrected chi connectivity index (χ3v) is 5.38. The number of aliphatic carboxylic acids is 1. The fourth-order valence-electron chi connectivity index (χ4n) is 3.31.